The topological polar surface area (TPSA) is 102 Å². The molecule has 1 rings (SSSR count). The number of nitrogen functional groups attached to an aromatic ring is 1. The van der Waals surface area contributed by atoms with E-state index in [4.69, 9.17) is 5.73 Å². The summed E-state index contributed by atoms with van der Waals surface area (Å²) in [7, 11) is 1.57. The third-order valence-electron chi connectivity index (χ3n) is 2.79. The molecule has 3 N–H and O–H groups in total. The smallest absolute Gasteiger partial charge is 0.292 e. The number of benzene rings is 1. The average molecular weight is 266 g/mol. The number of hydrogen-bond donors (Lipinski definition) is 2. The van der Waals surface area contributed by atoms with E-state index in [1.807, 2.05) is 11.8 Å². The van der Waals surface area contributed by atoms with Gasteiger partial charge in [0, 0.05) is 19.7 Å². The standard InChI is InChI=1S/C12H18N4O3/c1-3-15(8-12(17)14-2)7-9-4-5-10(13)11(6-9)16(18)19/h4-6H,3,7-8,13H2,1-2H3,(H,14,17). The fourth-order valence-electron chi connectivity index (χ4n) is 1.67. The summed E-state index contributed by atoms with van der Waals surface area (Å²) < 4.78 is 0. The van der Waals surface area contributed by atoms with Crippen molar-refractivity contribution in [2.24, 2.45) is 0 Å². The van der Waals surface area contributed by atoms with Gasteiger partial charge in [-0.2, -0.15) is 0 Å². The van der Waals surface area contributed by atoms with Crippen LogP contribution < -0.4 is 11.1 Å². The van der Waals surface area contributed by atoms with E-state index in [0.717, 1.165) is 5.56 Å². The van der Waals surface area contributed by atoms with Crippen LogP contribution in [-0.2, 0) is 11.3 Å². The SMILES string of the molecule is CCN(CC(=O)NC)Cc1ccc(N)c([N+](=O)[O-])c1. The molecule has 0 bridgehead atoms. The van der Waals surface area contributed by atoms with Gasteiger partial charge in [-0.1, -0.05) is 13.0 Å². The van der Waals surface area contributed by atoms with E-state index in [2.05, 4.69) is 5.32 Å². The second-order valence-electron chi connectivity index (χ2n) is 4.13. The zero-order chi connectivity index (χ0) is 14.4. The third kappa shape index (κ3) is 4.22. The van der Waals surface area contributed by atoms with Gasteiger partial charge in [0.2, 0.25) is 5.91 Å². The van der Waals surface area contributed by atoms with Crippen LogP contribution in [0, 0.1) is 10.1 Å². The van der Waals surface area contributed by atoms with E-state index in [-0.39, 0.29) is 23.8 Å². The first-order chi connectivity index (χ1) is 8.97. The van der Waals surface area contributed by atoms with E-state index in [1.54, 1.807) is 13.1 Å². The molecule has 0 saturated heterocycles. The van der Waals surface area contributed by atoms with Crippen LogP contribution in [0.5, 0.6) is 0 Å². The van der Waals surface area contributed by atoms with Gasteiger partial charge in [-0.3, -0.25) is 19.8 Å². The molecule has 0 unspecified atom stereocenters. The zero-order valence-corrected chi connectivity index (χ0v) is 11.0. The molecule has 19 heavy (non-hydrogen) atoms. The number of nitro groups is 1. The maximum atomic E-state index is 11.3. The summed E-state index contributed by atoms with van der Waals surface area (Å²) in [6, 6.07) is 4.69. The molecule has 0 aliphatic carbocycles. The molecule has 0 saturated carbocycles. The maximum absolute atomic E-state index is 11.3. The number of likely N-dealkylation sites (N-methyl/N-ethyl adjacent to an activating group) is 2. The summed E-state index contributed by atoms with van der Waals surface area (Å²) in [5, 5.41) is 13.3. The molecule has 0 spiro atoms. The second kappa shape index (κ2) is 6.69. The van der Waals surface area contributed by atoms with E-state index in [0.29, 0.717) is 13.1 Å². The Morgan fingerprint density at radius 3 is 2.74 bits per heavy atom. The van der Waals surface area contributed by atoms with Gasteiger partial charge in [-0.25, -0.2) is 0 Å². The first-order valence-corrected chi connectivity index (χ1v) is 5.93. The Hall–Kier alpha value is -2.15. The molecule has 7 heteroatoms. The Kier molecular flexibility index (Phi) is 5.25. The van der Waals surface area contributed by atoms with Gasteiger partial charge < -0.3 is 11.1 Å². The van der Waals surface area contributed by atoms with Crippen LogP contribution in [0.2, 0.25) is 0 Å². The summed E-state index contributed by atoms with van der Waals surface area (Å²) in [6.07, 6.45) is 0. The van der Waals surface area contributed by atoms with Crippen LogP contribution >= 0.6 is 0 Å². The van der Waals surface area contributed by atoms with Crippen molar-refractivity contribution in [2.75, 3.05) is 25.9 Å². The van der Waals surface area contributed by atoms with Crippen LogP contribution in [0.4, 0.5) is 11.4 Å². The molecule has 1 amide bonds. The number of nitro benzene ring substituents is 1. The summed E-state index contributed by atoms with van der Waals surface area (Å²) in [5.74, 6) is -0.0909. The fourth-order valence-corrected chi connectivity index (χ4v) is 1.67. The van der Waals surface area contributed by atoms with Crippen molar-refractivity contribution in [2.45, 2.75) is 13.5 Å². The van der Waals surface area contributed by atoms with Crippen LogP contribution in [0.15, 0.2) is 18.2 Å². The van der Waals surface area contributed by atoms with E-state index >= 15 is 0 Å². The summed E-state index contributed by atoms with van der Waals surface area (Å²) in [6.45, 7) is 3.32. The first kappa shape index (κ1) is 14.9. The number of nitrogens with zero attached hydrogens (tertiary/aromatic N) is 2. The van der Waals surface area contributed by atoms with Gasteiger partial charge in [-0.05, 0) is 18.2 Å². The van der Waals surface area contributed by atoms with Crippen molar-refractivity contribution in [3.63, 3.8) is 0 Å². The molecule has 0 aliphatic heterocycles. The minimum absolute atomic E-state index is 0.0909. The van der Waals surface area contributed by atoms with Gasteiger partial charge in [0.05, 0.1) is 11.5 Å². The number of amides is 1. The molecule has 0 aliphatic rings. The number of rotatable bonds is 6. The molecule has 1 aromatic carbocycles. The summed E-state index contributed by atoms with van der Waals surface area (Å²) in [5.41, 5.74) is 6.33. The molecular weight excluding hydrogens is 248 g/mol. The van der Waals surface area contributed by atoms with Crippen LogP contribution in [-0.4, -0.2) is 35.9 Å². The average Bonchev–Trinajstić information content (AvgIpc) is 2.39. The lowest BCUT2D eigenvalue weighted by Gasteiger charge is -2.19. The zero-order valence-electron chi connectivity index (χ0n) is 11.0. The molecule has 1 aromatic rings. The molecule has 0 aromatic heterocycles. The number of anilines is 1. The molecule has 0 fully saturated rings. The molecule has 7 nitrogen and oxygen atoms in total. The second-order valence-corrected chi connectivity index (χ2v) is 4.13. The van der Waals surface area contributed by atoms with Gasteiger partial charge in [-0.15, -0.1) is 0 Å². The molecule has 0 heterocycles. The molecule has 0 radical (unpaired) electrons. The lowest BCUT2D eigenvalue weighted by molar-refractivity contribution is -0.384. The minimum Gasteiger partial charge on any atom is -0.393 e. The molecular formula is C12H18N4O3. The number of nitrogens with two attached hydrogens (primary N) is 1. The highest BCUT2D eigenvalue weighted by molar-refractivity contribution is 5.77. The Labute approximate surface area is 111 Å². The number of nitrogens with one attached hydrogen (secondary N) is 1. The minimum atomic E-state index is -0.506. The van der Waals surface area contributed by atoms with Gasteiger partial charge in [0.15, 0.2) is 0 Å². The monoisotopic (exact) mass is 266 g/mol. The third-order valence-corrected chi connectivity index (χ3v) is 2.79. The molecule has 104 valence electrons. The Bertz CT molecular complexity index is 476. The quantitative estimate of drug-likeness (QED) is 0.449. The highest BCUT2D eigenvalue weighted by Crippen LogP contribution is 2.22. The first-order valence-electron chi connectivity index (χ1n) is 5.93. The highest BCUT2D eigenvalue weighted by atomic mass is 16.6. The largest absolute Gasteiger partial charge is 0.393 e. The summed E-state index contributed by atoms with van der Waals surface area (Å²) >= 11 is 0. The Morgan fingerprint density at radius 2 is 2.21 bits per heavy atom. The molecule has 0 atom stereocenters. The Balaban J connectivity index is 2.83. The normalized spacial score (nSPS) is 10.5. The fraction of sp³-hybridized carbons (Fsp3) is 0.417. The van der Waals surface area contributed by atoms with E-state index < -0.39 is 4.92 Å². The van der Waals surface area contributed by atoms with Crippen molar-refractivity contribution in [1.82, 2.24) is 10.2 Å². The maximum Gasteiger partial charge on any atom is 0.292 e. The summed E-state index contributed by atoms with van der Waals surface area (Å²) in [4.78, 5) is 23.5. The number of carbonyl (C=O) groups excluding carboxylic acids is 1. The van der Waals surface area contributed by atoms with E-state index in [9.17, 15) is 14.9 Å². The predicted octanol–water partition coefficient (Wildman–Crippen LogP) is 0.745. The van der Waals surface area contributed by atoms with Crippen LogP contribution in [0.1, 0.15) is 12.5 Å². The van der Waals surface area contributed by atoms with Crippen molar-refractivity contribution in [3.8, 4) is 0 Å². The van der Waals surface area contributed by atoms with Crippen LogP contribution in [0.25, 0.3) is 0 Å². The highest BCUT2D eigenvalue weighted by Gasteiger charge is 2.14. The van der Waals surface area contributed by atoms with Gasteiger partial charge in [0.1, 0.15) is 5.69 Å². The Morgan fingerprint density at radius 1 is 1.53 bits per heavy atom. The van der Waals surface area contributed by atoms with Crippen molar-refractivity contribution < 1.29 is 9.72 Å². The van der Waals surface area contributed by atoms with E-state index in [1.165, 1.54) is 12.1 Å². The lowest BCUT2D eigenvalue weighted by atomic mass is 10.1. The van der Waals surface area contributed by atoms with Crippen molar-refractivity contribution in [1.29, 1.82) is 0 Å². The van der Waals surface area contributed by atoms with Crippen LogP contribution in [0.3, 0.4) is 0 Å². The lowest BCUT2D eigenvalue weighted by Crippen LogP contribution is -2.35. The number of carbonyl (C=O) groups is 1. The predicted molar refractivity (Wildman–Crippen MR) is 72.5 cm³/mol. The van der Waals surface area contributed by atoms with Gasteiger partial charge >= 0.3 is 0 Å². The van der Waals surface area contributed by atoms with Gasteiger partial charge in [0.25, 0.3) is 5.69 Å². The van der Waals surface area contributed by atoms with Crippen molar-refractivity contribution >= 4 is 17.3 Å². The van der Waals surface area contributed by atoms with Crippen molar-refractivity contribution in [3.05, 3.63) is 33.9 Å². The number of hydrogen-bond acceptors (Lipinski definition) is 5.